The minimum Gasteiger partial charge on any atom is -0.395 e. The number of halogens is 1. The van der Waals surface area contributed by atoms with Crippen molar-refractivity contribution in [2.24, 2.45) is 5.73 Å². The van der Waals surface area contributed by atoms with E-state index in [1.54, 1.807) is 0 Å². The van der Waals surface area contributed by atoms with Gasteiger partial charge in [-0.05, 0) is 37.0 Å². The van der Waals surface area contributed by atoms with Crippen molar-refractivity contribution in [2.75, 3.05) is 19.7 Å². The molecule has 0 aromatic heterocycles. The average Bonchev–Trinajstić information content (AvgIpc) is 2.46. The van der Waals surface area contributed by atoms with Crippen molar-refractivity contribution in [1.82, 2.24) is 4.90 Å². The molecule has 3 N–H and O–H groups in total. The maximum Gasteiger partial charge on any atom is 0.0558 e. The molecule has 0 fully saturated rings. The number of benzene rings is 1. The standard InChI is InChI=1S/C16H27BrN2O/c1-3-15(4-2)19(11-12-20)10-9-16(18)13-5-7-14(17)8-6-13/h5-8,15-16,20H,3-4,9-12,18H2,1-2H3. The summed E-state index contributed by atoms with van der Waals surface area (Å²) >= 11 is 3.44. The molecule has 0 saturated carbocycles. The highest BCUT2D eigenvalue weighted by atomic mass is 79.9. The van der Waals surface area contributed by atoms with E-state index < -0.39 is 0 Å². The molecule has 0 amide bonds. The normalized spacial score (nSPS) is 13.2. The number of nitrogens with two attached hydrogens (primary N) is 1. The fraction of sp³-hybridized carbons (Fsp3) is 0.625. The van der Waals surface area contributed by atoms with Crippen LogP contribution in [0.25, 0.3) is 0 Å². The number of hydrogen-bond donors (Lipinski definition) is 2. The van der Waals surface area contributed by atoms with Crippen LogP contribution < -0.4 is 5.73 Å². The largest absolute Gasteiger partial charge is 0.395 e. The van der Waals surface area contributed by atoms with Gasteiger partial charge in [-0.15, -0.1) is 0 Å². The predicted molar refractivity (Wildman–Crippen MR) is 88.7 cm³/mol. The molecule has 0 saturated heterocycles. The van der Waals surface area contributed by atoms with Crippen LogP contribution >= 0.6 is 15.9 Å². The van der Waals surface area contributed by atoms with Crippen molar-refractivity contribution in [2.45, 2.75) is 45.2 Å². The van der Waals surface area contributed by atoms with E-state index in [1.165, 1.54) is 5.56 Å². The lowest BCUT2D eigenvalue weighted by Crippen LogP contribution is -2.38. The molecule has 0 radical (unpaired) electrons. The Bertz CT molecular complexity index is 365. The third kappa shape index (κ3) is 5.52. The topological polar surface area (TPSA) is 49.5 Å². The highest BCUT2D eigenvalue weighted by Gasteiger charge is 2.16. The van der Waals surface area contributed by atoms with Crippen LogP contribution in [0.1, 0.15) is 44.7 Å². The quantitative estimate of drug-likeness (QED) is 0.723. The van der Waals surface area contributed by atoms with E-state index in [2.05, 4.69) is 46.8 Å². The zero-order chi connectivity index (χ0) is 15.0. The van der Waals surface area contributed by atoms with Crippen molar-refractivity contribution in [1.29, 1.82) is 0 Å². The third-order valence-electron chi connectivity index (χ3n) is 3.87. The molecular formula is C16H27BrN2O. The van der Waals surface area contributed by atoms with Crippen molar-refractivity contribution >= 4 is 15.9 Å². The Morgan fingerprint density at radius 2 is 1.75 bits per heavy atom. The van der Waals surface area contributed by atoms with Crippen LogP contribution in [0.15, 0.2) is 28.7 Å². The van der Waals surface area contributed by atoms with Gasteiger partial charge < -0.3 is 10.8 Å². The second-order valence-electron chi connectivity index (χ2n) is 5.18. The summed E-state index contributed by atoms with van der Waals surface area (Å²) in [5, 5.41) is 9.21. The van der Waals surface area contributed by atoms with Crippen LogP contribution in [0.5, 0.6) is 0 Å². The molecule has 1 unspecified atom stereocenters. The molecule has 4 heteroatoms. The van der Waals surface area contributed by atoms with E-state index in [0.29, 0.717) is 6.04 Å². The minimum absolute atomic E-state index is 0.0543. The Labute approximate surface area is 131 Å². The Hall–Kier alpha value is -0.420. The van der Waals surface area contributed by atoms with Gasteiger partial charge in [-0.3, -0.25) is 4.90 Å². The summed E-state index contributed by atoms with van der Waals surface area (Å²) < 4.78 is 1.08. The summed E-state index contributed by atoms with van der Waals surface area (Å²) in [5.74, 6) is 0. The molecular weight excluding hydrogens is 316 g/mol. The third-order valence-corrected chi connectivity index (χ3v) is 4.40. The number of rotatable bonds is 9. The average molecular weight is 343 g/mol. The highest BCUT2D eigenvalue weighted by Crippen LogP contribution is 2.19. The Morgan fingerprint density at radius 1 is 1.15 bits per heavy atom. The molecule has 1 aromatic rings. The van der Waals surface area contributed by atoms with Crippen molar-refractivity contribution in [3.05, 3.63) is 34.3 Å². The first-order chi connectivity index (χ1) is 9.62. The second-order valence-corrected chi connectivity index (χ2v) is 6.09. The first kappa shape index (κ1) is 17.6. The van der Waals surface area contributed by atoms with Gasteiger partial charge in [0.1, 0.15) is 0 Å². The summed E-state index contributed by atoms with van der Waals surface area (Å²) in [4.78, 5) is 2.36. The minimum atomic E-state index is 0.0543. The first-order valence-electron chi connectivity index (χ1n) is 7.48. The van der Waals surface area contributed by atoms with E-state index >= 15 is 0 Å². The van der Waals surface area contributed by atoms with Gasteiger partial charge in [-0.1, -0.05) is 41.9 Å². The molecule has 0 heterocycles. The number of aliphatic hydroxyl groups is 1. The summed E-state index contributed by atoms with van der Waals surface area (Å²) in [6.07, 6.45) is 3.15. The Balaban J connectivity index is 2.55. The van der Waals surface area contributed by atoms with E-state index in [-0.39, 0.29) is 12.6 Å². The van der Waals surface area contributed by atoms with Gasteiger partial charge in [-0.25, -0.2) is 0 Å². The summed E-state index contributed by atoms with van der Waals surface area (Å²) in [6, 6.07) is 8.80. The summed E-state index contributed by atoms with van der Waals surface area (Å²) in [5.41, 5.74) is 7.44. The SMILES string of the molecule is CCC(CC)N(CCO)CCC(N)c1ccc(Br)cc1. The Morgan fingerprint density at radius 3 is 2.25 bits per heavy atom. The van der Waals surface area contributed by atoms with E-state index in [9.17, 15) is 5.11 Å². The van der Waals surface area contributed by atoms with Crippen molar-refractivity contribution in [3.8, 4) is 0 Å². The molecule has 0 aliphatic heterocycles. The number of hydrogen-bond acceptors (Lipinski definition) is 3. The molecule has 3 nitrogen and oxygen atoms in total. The monoisotopic (exact) mass is 342 g/mol. The lowest BCUT2D eigenvalue weighted by Gasteiger charge is -2.30. The lowest BCUT2D eigenvalue weighted by atomic mass is 10.0. The first-order valence-corrected chi connectivity index (χ1v) is 8.27. The smallest absolute Gasteiger partial charge is 0.0558 e. The molecule has 0 aliphatic rings. The van der Waals surface area contributed by atoms with Gasteiger partial charge in [0.05, 0.1) is 6.61 Å². The van der Waals surface area contributed by atoms with Gasteiger partial charge in [0, 0.05) is 29.6 Å². The summed E-state index contributed by atoms with van der Waals surface area (Å²) in [7, 11) is 0. The van der Waals surface area contributed by atoms with Gasteiger partial charge in [0.2, 0.25) is 0 Å². The number of nitrogens with zero attached hydrogens (tertiary/aromatic N) is 1. The van der Waals surface area contributed by atoms with Crippen LogP contribution in [-0.4, -0.2) is 35.7 Å². The highest BCUT2D eigenvalue weighted by molar-refractivity contribution is 9.10. The molecule has 0 aliphatic carbocycles. The van der Waals surface area contributed by atoms with Crippen molar-refractivity contribution in [3.63, 3.8) is 0 Å². The maximum absolute atomic E-state index is 9.21. The van der Waals surface area contributed by atoms with E-state index in [1.807, 2.05) is 12.1 Å². The van der Waals surface area contributed by atoms with Crippen molar-refractivity contribution < 1.29 is 5.11 Å². The zero-order valence-corrected chi connectivity index (χ0v) is 14.1. The number of aliphatic hydroxyl groups excluding tert-OH is 1. The van der Waals surface area contributed by atoms with Crippen LogP contribution in [0.2, 0.25) is 0 Å². The molecule has 1 atom stereocenters. The van der Waals surface area contributed by atoms with Crippen LogP contribution in [0.3, 0.4) is 0 Å². The van der Waals surface area contributed by atoms with Crippen LogP contribution in [0.4, 0.5) is 0 Å². The van der Waals surface area contributed by atoms with Crippen LogP contribution in [-0.2, 0) is 0 Å². The van der Waals surface area contributed by atoms with Gasteiger partial charge >= 0.3 is 0 Å². The molecule has 1 rings (SSSR count). The lowest BCUT2D eigenvalue weighted by molar-refractivity contribution is 0.139. The van der Waals surface area contributed by atoms with E-state index in [0.717, 1.165) is 36.8 Å². The zero-order valence-electron chi connectivity index (χ0n) is 12.6. The fourth-order valence-corrected chi connectivity index (χ4v) is 2.86. The van der Waals surface area contributed by atoms with Gasteiger partial charge in [0.25, 0.3) is 0 Å². The van der Waals surface area contributed by atoms with Gasteiger partial charge in [0.15, 0.2) is 0 Å². The molecule has 1 aromatic carbocycles. The Kier molecular flexibility index (Phi) is 8.38. The fourth-order valence-electron chi connectivity index (χ4n) is 2.59. The molecule has 0 spiro atoms. The molecule has 114 valence electrons. The second kappa shape index (κ2) is 9.50. The predicted octanol–water partition coefficient (Wildman–Crippen LogP) is 3.32. The maximum atomic E-state index is 9.21. The van der Waals surface area contributed by atoms with E-state index in [4.69, 9.17) is 5.73 Å². The molecule has 0 bridgehead atoms. The van der Waals surface area contributed by atoms with Gasteiger partial charge in [-0.2, -0.15) is 0 Å². The molecule has 20 heavy (non-hydrogen) atoms. The summed E-state index contributed by atoms with van der Waals surface area (Å²) in [6.45, 7) is 6.29. The van der Waals surface area contributed by atoms with Crippen LogP contribution in [0, 0.1) is 0 Å².